The molecule has 139 heavy (non-hydrogen) atoms. The molecule has 0 atom stereocenters. The van der Waals surface area contributed by atoms with Crippen molar-refractivity contribution in [2.45, 2.75) is 19.6 Å². The number of nitrogens with zero attached hydrogens (tertiary/aromatic N) is 12. The number of hydrogen-bond donors (Lipinski definition) is 0. The molecule has 23 aromatic rings. The van der Waals surface area contributed by atoms with Crippen LogP contribution in [0.15, 0.2) is 456 Å². The van der Waals surface area contributed by atoms with Crippen molar-refractivity contribution in [3.05, 3.63) is 442 Å². The van der Waals surface area contributed by atoms with Gasteiger partial charge in [0.2, 0.25) is 0 Å². The molecule has 0 unspecified atom stereocenters. The van der Waals surface area contributed by atoms with Crippen molar-refractivity contribution in [1.29, 1.82) is 0 Å². The number of aryl methyl sites for hydroxylation is 1. The molecule has 0 fully saturated rings. The van der Waals surface area contributed by atoms with E-state index in [0.29, 0.717) is 72.6 Å². The summed E-state index contributed by atoms with van der Waals surface area (Å²) in [6.07, 6.45) is 22.0. The van der Waals surface area contributed by atoms with E-state index in [1.807, 2.05) is 217 Å². The third-order valence-electron chi connectivity index (χ3n) is 22.5. The molecule has 0 N–H and O–H groups in total. The van der Waals surface area contributed by atoms with Crippen molar-refractivity contribution in [3.63, 3.8) is 0 Å². The van der Waals surface area contributed by atoms with Crippen LogP contribution in [0, 0.1) is 5.82 Å². The summed E-state index contributed by atoms with van der Waals surface area (Å²) in [6, 6.07) is 101. The Morgan fingerprint density at radius 2 is 0.576 bits per heavy atom. The Balaban J connectivity index is 0.000000114. The van der Waals surface area contributed by atoms with Gasteiger partial charge in [0.15, 0.2) is 22.6 Å². The second-order valence-electron chi connectivity index (χ2n) is 31.4. The molecule has 0 bridgehead atoms. The van der Waals surface area contributed by atoms with Crippen LogP contribution in [0.3, 0.4) is 0 Å². The quantitative estimate of drug-likeness (QED) is 0.0609. The number of para-hydroxylation sites is 6. The van der Waals surface area contributed by atoms with Gasteiger partial charge in [-0.2, -0.15) is 0 Å². The largest absolute Gasteiger partial charge is 0.457 e. The number of halogens is 1. The maximum atomic E-state index is 14.3. The zero-order chi connectivity index (χ0) is 95.2. The summed E-state index contributed by atoms with van der Waals surface area (Å²) in [7, 11) is -13.5. The van der Waals surface area contributed by atoms with E-state index >= 15 is 0 Å². The fourth-order valence-electron chi connectivity index (χ4n) is 15.9. The molecule has 11 aromatic carbocycles. The molecular weight excluding hydrogens is 1880 g/mol. The van der Waals surface area contributed by atoms with Crippen LogP contribution < -0.4 is 14.2 Å². The van der Waals surface area contributed by atoms with Crippen molar-refractivity contribution in [2.24, 2.45) is 7.05 Å². The van der Waals surface area contributed by atoms with Crippen LogP contribution in [-0.4, -0.2) is 89.0 Å². The maximum Gasteiger partial charge on any atom is 0.269 e. The average molecular weight is 1960 g/mol. The van der Waals surface area contributed by atoms with Gasteiger partial charge >= 0.3 is 0 Å². The topological polar surface area (TPSA) is 279 Å². The van der Waals surface area contributed by atoms with Crippen LogP contribution in [0.5, 0.6) is 34.5 Å². The average Bonchev–Trinajstić information content (AvgIpc) is 1.60. The molecule has 0 saturated heterocycles. The molecule has 12 heterocycles. The molecule has 0 radical (unpaired) electrons. The Morgan fingerprint density at radius 3 is 0.892 bits per heavy atom. The zero-order valence-electron chi connectivity index (χ0n) is 73.2. The summed E-state index contributed by atoms with van der Waals surface area (Å²) in [5.41, 5.74) is 14.6. The second-order valence-corrected chi connectivity index (χ2v) is 41.3. The Kier molecular flexibility index (Phi) is 25.4. The smallest absolute Gasteiger partial charge is 0.269 e. The zero-order valence-corrected chi connectivity index (χ0v) is 78.9. The molecule has 0 aliphatic heterocycles. The van der Waals surface area contributed by atoms with Crippen molar-refractivity contribution >= 4 is 118 Å². The second kappa shape index (κ2) is 39.1. The number of fused-ring (bicyclic) bond motifs is 4. The van der Waals surface area contributed by atoms with E-state index in [2.05, 4.69) is 34.9 Å². The van der Waals surface area contributed by atoms with Gasteiger partial charge < -0.3 is 18.8 Å². The summed E-state index contributed by atoms with van der Waals surface area (Å²) in [5.74, 6) is 3.86. The number of hydrogen-bond acceptors (Lipinski definition) is 21. The molecule has 0 saturated carbocycles. The van der Waals surface area contributed by atoms with E-state index in [0.717, 1.165) is 87.5 Å². The lowest BCUT2D eigenvalue weighted by Crippen LogP contribution is -2.12. The minimum atomic E-state index is -3.86. The van der Waals surface area contributed by atoms with E-state index in [4.69, 9.17) is 14.2 Å². The molecular formula is C108H75FN12O11S7. The number of benzene rings is 11. The van der Waals surface area contributed by atoms with Gasteiger partial charge in [0.25, 0.3) is 40.1 Å². The molecule has 23 rings (SSSR count). The molecule has 31 heteroatoms. The normalized spacial score (nSPS) is 11.6. The molecule has 0 spiro atoms. The first-order chi connectivity index (χ1) is 67.8. The highest BCUT2D eigenvalue weighted by Gasteiger charge is 2.30. The van der Waals surface area contributed by atoms with Gasteiger partial charge in [0, 0.05) is 187 Å². The molecule has 12 aromatic heterocycles. The van der Waals surface area contributed by atoms with E-state index in [1.165, 1.54) is 62.2 Å². The molecule has 0 amide bonds. The predicted molar refractivity (Wildman–Crippen MR) is 544 cm³/mol. The SMILES string of the molecule is Cn1ccc(-c2cn(S(=O)(=O)c3ccccc3)c3ncc(-c4ccccc4Oc4ccccc4)cc23)c1.O=S(=O)(c1ccccc1)n1cc(-c2cncs2)c2cc(-c3ccccc3F)cnc21.O=S(=O)(c1ccccc1)n1cc(-c2cncs2)c2cc(-c3ccccc3Oc3ccccc3)cnc21.O=S(=O)(c1ccccc1)n1cc(-c2nccs2)c2cc(-c3ccccc3Oc3ccccc3)cnc21. The minimum Gasteiger partial charge on any atom is -0.457 e. The summed E-state index contributed by atoms with van der Waals surface area (Å²) in [6.45, 7) is 0. The van der Waals surface area contributed by atoms with E-state index in [9.17, 15) is 38.1 Å². The number of thiazole rings is 3. The number of rotatable bonds is 22. The van der Waals surface area contributed by atoms with Gasteiger partial charge in [-0.25, -0.2) is 78.9 Å². The number of pyridine rings is 4. The van der Waals surface area contributed by atoms with Crippen molar-refractivity contribution in [2.75, 3.05) is 0 Å². The number of aromatic nitrogens is 12. The maximum absolute atomic E-state index is 14.3. The van der Waals surface area contributed by atoms with Gasteiger partial charge in [0.05, 0.1) is 40.4 Å². The van der Waals surface area contributed by atoms with Gasteiger partial charge in [-0.15, -0.1) is 34.0 Å². The van der Waals surface area contributed by atoms with Gasteiger partial charge in [-0.05, 0) is 140 Å². The molecule has 0 aliphatic carbocycles. The van der Waals surface area contributed by atoms with Crippen molar-refractivity contribution in [1.82, 2.24) is 55.3 Å². The number of ether oxygens (including phenoxy) is 3. The van der Waals surface area contributed by atoms with E-state index in [-0.39, 0.29) is 31.0 Å². The Labute approximate surface area is 810 Å². The van der Waals surface area contributed by atoms with E-state index in [1.54, 1.807) is 219 Å². The first-order valence-electron chi connectivity index (χ1n) is 43.1. The molecule has 682 valence electrons. The minimum absolute atomic E-state index is 0.165. The van der Waals surface area contributed by atoms with Crippen LogP contribution in [0.2, 0.25) is 0 Å². The fourth-order valence-corrected chi connectivity index (χ4v) is 23.2. The highest BCUT2D eigenvalue weighted by molar-refractivity contribution is 7.91. The van der Waals surface area contributed by atoms with Gasteiger partial charge in [0.1, 0.15) is 45.3 Å². The highest BCUT2D eigenvalue weighted by Crippen LogP contribution is 2.45. The lowest BCUT2D eigenvalue weighted by Gasteiger charge is -2.12. The third-order valence-corrected chi connectivity index (χ3v) is 31.6. The summed E-state index contributed by atoms with van der Waals surface area (Å²) in [4.78, 5) is 33.5. The summed E-state index contributed by atoms with van der Waals surface area (Å²) >= 11 is 4.29. The third kappa shape index (κ3) is 18.6. The van der Waals surface area contributed by atoms with Crippen LogP contribution in [-0.2, 0) is 47.1 Å². The van der Waals surface area contributed by atoms with Crippen LogP contribution in [0.1, 0.15) is 0 Å². The Hall–Kier alpha value is -16.5. The first-order valence-corrected chi connectivity index (χ1v) is 51.5. The van der Waals surface area contributed by atoms with Crippen LogP contribution in [0.4, 0.5) is 4.39 Å². The molecule has 0 aliphatic rings. The summed E-state index contributed by atoms with van der Waals surface area (Å²) < 4.78 is 148. The van der Waals surface area contributed by atoms with Crippen LogP contribution >= 0.6 is 34.0 Å². The molecule has 23 nitrogen and oxygen atoms in total. The predicted octanol–water partition coefficient (Wildman–Crippen LogP) is 25.7. The van der Waals surface area contributed by atoms with Gasteiger partial charge in [-0.3, -0.25) is 9.97 Å². The fraction of sp³-hybridized carbons (Fsp3) is 0.00926. The standard InChI is InChI=1S/C30H23N3O3S.2C28H19N3O3S2.C22H14FN3O2S2/c1-32-17-16-22(20-32)28-21-33(37(34,35)25-12-6-3-7-13-25)30-27(28)18-23(19-31-30)26-14-8-9-15-29(26)36-24-10-4-2-5-11-24;32-36(33,22-11-5-2-6-12-22)31-18-25(27-17-29-19-35-27)24-15-20(16-30-28(24)31)23-13-7-8-14-26(23)34-21-9-3-1-4-10-21;32-36(33,22-11-5-2-6-12-22)31-19-25(28-29-15-16-35-28)24-17-20(18-30-27(24)31)23-13-7-8-14-26(23)34-21-9-3-1-4-10-21;23-20-9-5-4-8-17(20)15-10-18-19(21-12-24-14-29-21)13-26(22(18)25-11-15)30(27,28)16-6-2-1-3-7-16/h2-21H,1H3;2*1-19H;1-14H. The van der Waals surface area contributed by atoms with Crippen LogP contribution in [0.25, 0.3) is 131 Å². The first kappa shape index (κ1) is 90.3. The lowest BCUT2D eigenvalue weighted by atomic mass is 10.0. The Morgan fingerprint density at radius 1 is 0.281 bits per heavy atom. The van der Waals surface area contributed by atoms with E-state index < -0.39 is 40.1 Å². The highest BCUT2D eigenvalue weighted by atomic mass is 32.2. The van der Waals surface area contributed by atoms with Gasteiger partial charge in [-0.1, -0.05) is 200 Å². The van der Waals surface area contributed by atoms with Crippen molar-refractivity contribution < 1.29 is 52.3 Å². The lowest BCUT2D eigenvalue weighted by molar-refractivity contribution is 0.484. The van der Waals surface area contributed by atoms with Crippen molar-refractivity contribution in [3.8, 4) is 122 Å². The Bertz CT molecular complexity index is 8610. The summed E-state index contributed by atoms with van der Waals surface area (Å²) in [5, 5.41) is 5.33. The monoisotopic (exact) mass is 1960 g/mol.